The van der Waals surface area contributed by atoms with Crippen LogP contribution in [-0.2, 0) is 29.7 Å². The molecule has 3 heterocycles. The van der Waals surface area contributed by atoms with E-state index in [-0.39, 0.29) is 29.7 Å². The summed E-state index contributed by atoms with van der Waals surface area (Å²) >= 11 is 0. The van der Waals surface area contributed by atoms with E-state index in [1.165, 1.54) is 9.47 Å². The molecule has 1 N–H and O–H groups in total. The topological polar surface area (TPSA) is 124 Å². The number of ether oxygens (including phenoxy) is 1. The quantitative estimate of drug-likeness (QED) is 0.575. The minimum absolute atomic E-state index is 0.168. The van der Waals surface area contributed by atoms with Crippen molar-refractivity contribution < 1.29 is 14.3 Å². The number of piperidine rings is 1. The van der Waals surface area contributed by atoms with E-state index in [4.69, 9.17) is 9.72 Å². The molecular formula is C25H39N7O5. The van der Waals surface area contributed by atoms with E-state index in [2.05, 4.69) is 5.32 Å². The summed E-state index contributed by atoms with van der Waals surface area (Å²) in [6.07, 6.45) is 3.08. The van der Waals surface area contributed by atoms with Crippen LogP contribution in [0.3, 0.4) is 0 Å². The van der Waals surface area contributed by atoms with Gasteiger partial charge in [-0.25, -0.2) is 14.2 Å². The number of imidazole rings is 1. The van der Waals surface area contributed by atoms with Crippen LogP contribution in [0.25, 0.3) is 11.2 Å². The van der Waals surface area contributed by atoms with E-state index in [0.717, 1.165) is 23.0 Å². The predicted molar refractivity (Wildman–Crippen MR) is 142 cm³/mol. The molecule has 204 valence electrons. The highest BCUT2D eigenvalue weighted by atomic mass is 16.6. The van der Waals surface area contributed by atoms with Gasteiger partial charge in [-0.2, -0.15) is 4.98 Å². The zero-order chi connectivity index (χ0) is 27.7. The van der Waals surface area contributed by atoms with Crippen molar-refractivity contribution in [3.8, 4) is 0 Å². The summed E-state index contributed by atoms with van der Waals surface area (Å²) in [5, 5.41) is 2.94. The summed E-state index contributed by atoms with van der Waals surface area (Å²) < 4.78 is 9.47. The molecule has 2 aromatic heterocycles. The Bertz CT molecular complexity index is 1320. The van der Waals surface area contributed by atoms with Gasteiger partial charge in [-0.15, -0.1) is 0 Å². The van der Waals surface area contributed by atoms with Gasteiger partial charge in [0, 0.05) is 46.8 Å². The third-order valence-electron chi connectivity index (χ3n) is 6.11. The number of allylic oxidation sites excluding steroid dienone is 2. The number of anilines is 1. The van der Waals surface area contributed by atoms with E-state index in [9.17, 15) is 19.2 Å². The molecule has 0 radical (unpaired) electrons. The molecular weight excluding hydrogens is 478 g/mol. The van der Waals surface area contributed by atoms with Crippen LogP contribution in [0.1, 0.15) is 47.5 Å². The number of hydrogen-bond acceptors (Lipinski definition) is 7. The number of aryl methyl sites for hydroxylation is 1. The number of carbonyl (C=O) groups is 2. The first-order chi connectivity index (χ1) is 17.2. The second-order valence-electron chi connectivity index (χ2n) is 10.9. The first-order valence-corrected chi connectivity index (χ1v) is 12.5. The molecule has 1 unspecified atom stereocenters. The Hall–Kier alpha value is -3.57. The fourth-order valence-electron chi connectivity index (χ4n) is 4.22. The molecule has 1 saturated heterocycles. The average Bonchev–Trinajstić information content (AvgIpc) is 3.17. The maximum absolute atomic E-state index is 13.6. The van der Waals surface area contributed by atoms with Crippen molar-refractivity contribution in [2.75, 3.05) is 32.1 Å². The molecule has 1 fully saturated rings. The first-order valence-electron chi connectivity index (χ1n) is 12.5. The lowest BCUT2D eigenvalue weighted by Crippen LogP contribution is -2.49. The van der Waals surface area contributed by atoms with Crippen molar-refractivity contribution >= 4 is 29.1 Å². The standard InChI is InChI=1S/C25H39N7O5/c1-16(2)11-13-31-19-20(29(8)24(36)32(21(19)34)15-18(33)28(6)7)27-22(31)30-12-9-10-17(14-30)26-23(35)37-25(3,4)5/h11,17H,9-10,12-15H2,1-8H3,(H,26,35). The lowest BCUT2D eigenvalue weighted by Gasteiger charge is -2.34. The number of nitrogens with one attached hydrogen (secondary N) is 1. The van der Waals surface area contributed by atoms with Crippen LogP contribution in [0.15, 0.2) is 21.2 Å². The molecule has 0 aliphatic carbocycles. The number of alkyl carbamates (subject to hydrolysis) is 1. The number of fused-ring (bicyclic) bond motifs is 1. The third-order valence-corrected chi connectivity index (χ3v) is 6.11. The van der Waals surface area contributed by atoms with Crippen molar-refractivity contribution in [2.24, 2.45) is 7.05 Å². The number of hydrogen-bond donors (Lipinski definition) is 1. The van der Waals surface area contributed by atoms with E-state index < -0.39 is 22.9 Å². The second-order valence-corrected chi connectivity index (χ2v) is 10.9. The van der Waals surface area contributed by atoms with Gasteiger partial charge in [0.1, 0.15) is 12.1 Å². The molecule has 0 spiro atoms. The van der Waals surface area contributed by atoms with Crippen molar-refractivity contribution in [2.45, 2.75) is 72.2 Å². The van der Waals surface area contributed by atoms with Gasteiger partial charge in [0.2, 0.25) is 11.9 Å². The molecule has 2 aromatic rings. The van der Waals surface area contributed by atoms with Crippen LogP contribution < -0.4 is 21.5 Å². The summed E-state index contributed by atoms with van der Waals surface area (Å²) in [4.78, 5) is 59.4. The normalized spacial score (nSPS) is 16.0. The van der Waals surface area contributed by atoms with Crippen molar-refractivity contribution in [1.29, 1.82) is 0 Å². The molecule has 37 heavy (non-hydrogen) atoms. The summed E-state index contributed by atoms with van der Waals surface area (Å²) in [5.41, 5.74) is -0.200. The Morgan fingerprint density at radius 3 is 2.46 bits per heavy atom. The molecule has 2 amide bonds. The molecule has 0 aromatic carbocycles. The van der Waals surface area contributed by atoms with Crippen molar-refractivity contribution in [1.82, 2.24) is 28.9 Å². The van der Waals surface area contributed by atoms with Gasteiger partial charge in [0.05, 0.1) is 0 Å². The number of carbonyl (C=O) groups excluding carboxylic acids is 2. The minimum atomic E-state index is -0.603. The fraction of sp³-hybridized carbons (Fsp3) is 0.640. The fourth-order valence-corrected chi connectivity index (χ4v) is 4.22. The zero-order valence-corrected chi connectivity index (χ0v) is 23.1. The van der Waals surface area contributed by atoms with E-state index in [1.54, 1.807) is 25.7 Å². The molecule has 3 rings (SSSR count). The Morgan fingerprint density at radius 2 is 1.86 bits per heavy atom. The number of amides is 2. The monoisotopic (exact) mass is 517 g/mol. The summed E-state index contributed by atoms with van der Waals surface area (Å²) in [6.45, 7) is 10.5. The van der Waals surface area contributed by atoms with Gasteiger partial charge in [-0.3, -0.25) is 14.2 Å². The van der Waals surface area contributed by atoms with Gasteiger partial charge in [-0.05, 0) is 47.5 Å². The van der Waals surface area contributed by atoms with E-state index in [0.29, 0.717) is 25.6 Å². The van der Waals surface area contributed by atoms with Gasteiger partial charge in [0.25, 0.3) is 5.56 Å². The number of aromatic nitrogens is 4. The smallest absolute Gasteiger partial charge is 0.407 e. The first kappa shape index (κ1) is 28.0. The summed E-state index contributed by atoms with van der Waals surface area (Å²) in [6, 6.07) is -0.168. The minimum Gasteiger partial charge on any atom is -0.444 e. The highest BCUT2D eigenvalue weighted by Gasteiger charge is 2.29. The molecule has 0 saturated carbocycles. The van der Waals surface area contributed by atoms with Crippen molar-refractivity contribution in [3.63, 3.8) is 0 Å². The SMILES string of the molecule is CC(C)=CCn1c(N2CCCC(NC(=O)OC(C)(C)C)C2)nc2c1c(=O)n(CC(=O)N(C)C)c(=O)n2C. The Labute approximate surface area is 216 Å². The van der Waals surface area contributed by atoms with E-state index in [1.807, 2.05) is 45.6 Å². The Balaban J connectivity index is 2.08. The third kappa shape index (κ3) is 6.41. The van der Waals surface area contributed by atoms with Gasteiger partial charge >= 0.3 is 11.8 Å². The van der Waals surface area contributed by atoms with Crippen LogP contribution in [0.5, 0.6) is 0 Å². The van der Waals surface area contributed by atoms with Crippen LogP contribution in [0.4, 0.5) is 10.7 Å². The van der Waals surface area contributed by atoms with Gasteiger partial charge in [0.15, 0.2) is 11.2 Å². The summed E-state index contributed by atoms with van der Waals surface area (Å²) in [7, 11) is 4.70. The molecule has 12 nitrogen and oxygen atoms in total. The zero-order valence-electron chi connectivity index (χ0n) is 23.1. The molecule has 0 bridgehead atoms. The molecule has 1 atom stereocenters. The Kier molecular flexibility index (Phi) is 8.19. The van der Waals surface area contributed by atoms with Crippen LogP contribution in [0.2, 0.25) is 0 Å². The second kappa shape index (κ2) is 10.8. The van der Waals surface area contributed by atoms with Gasteiger partial charge in [-0.1, -0.05) is 11.6 Å². The summed E-state index contributed by atoms with van der Waals surface area (Å²) in [5.74, 6) is 0.174. The molecule has 1 aliphatic rings. The number of likely N-dealkylation sites (N-methyl/N-ethyl adjacent to an activating group) is 1. The van der Waals surface area contributed by atoms with Crippen LogP contribution >= 0.6 is 0 Å². The average molecular weight is 518 g/mol. The largest absolute Gasteiger partial charge is 0.444 e. The highest BCUT2D eigenvalue weighted by Crippen LogP contribution is 2.24. The number of rotatable bonds is 6. The number of nitrogens with zero attached hydrogens (tertiary/aromatic N) is 6. The predicted octanol–water partition coefficient (Wildman–Crippen LogP) is 1.44. The van der Waals surface area contributed by atoms with Crippen LogP contribution in [0, 0.1) is 0 Å². The molecule has 1 aliphatic heterocycles. The maximum atomic E-state index is 13.6. The Morgan fingerprint density at radius 1 is 1.19 bits per heavy atom. The van der Waals surface area contributed by atoms with Gasteiger partial charge < -0.3 is 24.4 Å². The lowest BCUT2D eigenvalue weighted by atomic mass is 10.1. The van der Waals surface area contributed by atoms with E-state index >= 15 is 0 Å². The highest BCUT2D eigenvalue weighted by molar-refractivity contribution is 5.77. The maximum Gasteiger partial charge on any atom is 0.407 e. The van der Waals surface area contributed by atoms with Crippen molar-refractivity contribution in [3.05, 3.63) is 32.5 Å². The van der Waals surface area contributed by atoms with Crippen LogP contribution in [-0.4, -0.2) is 74.4 Å². The lowest BCUT2D eigenvalue weighted by molar-refractivity contribution is -0.129. The molecule has 12 heteroatoms.